The Labute approximate surface area is 179 Å². The topological polar surface area (TPSA) is 75.4 Å². The van der Waals surface area contributed by atoms with E-state index in [-0.39, 0.29) is 17.6 Å². The van der Waals surface area contributed by atoms with Gasteiger partial charge in [-0.25, -0.2) is 4.98 Å². The summed E-state index contributed by atoms with van der Waals surface area (Å²) in [6.45, 7) is 4.72. The van der Waals surface area contributed by atoms with E-state index in [4.69, 9.17) is 4.42 Å². The molecule has 1 fully saturated rings. The van der Waals surface area contributed by atoms with E-state index < -0.39 is 6.04 Å². The fraction of sp³-hybridized carbons (Fsp3) is 0.348. The van der Waals surface area contributed by atoms with Gasteiger partial charge >= 0.3 is 0 Å². The van der Waals surface area contributed by atoms with Crippen LogP contribution in [0.2, 0.25) is 0 Å². The monoisotopic (exact) mass is 423 g/mol. The van der Waals surface area contributed by atoms with Crippen molar-refractivity contribution in [3.05, 3.63) is 58.9 Å². The maximum atomic E-state index is 12.9. The molecule has 0 unspecified atom stereocenters. The highest BCUT2D eigenvalue weighted by molar-refractivity contribution is 7.16. The normalized spacial score (nSPS) is 16.1. The fourth-order valence-electron chi connectivity index (χ4n) is 3.85. The Hall–Kier alpha value is -2.93. The molecule has 6 nitrogen and oxygen atoms in total. The van der Waals surface area contributed by atoms with Crippen molar-refractivity contribution in [1.82, 2.24) is 9.88 Å². The molecular weight excluding hydrogens is 398 g/mol. The lowest BCUT2D eigenvalue weighted by atomic mass is 10.1. The molecular formula is C23H25N3O3S. The zero-order valence-corrected chi connectivity index (χ0v) is 18.0. The number of carbonyl (C=O) groups excluding carboxylic acids is 2. The molecule has 1 atom stereocenters. The summed E-state index contributed by atoms with van der Waals surface area (Å²) in [7, 11) is 0. The number of aromatic nitrogens is 1. The van der Waals surface area contributed by atoms with Crippen molar-refractivity contribution in [3.63, 3.8) is 0 Å². The number of furan rings is 1. The van der Waals surface area contributed by atoms with Crippen LogP contribution >= 0.6 is 11.3 Å². The summed E-state index contributed by atoms with van der Waals surface area (Å²) in [6, 6.07) is 11.2. The Bertz CT molecular complexity index is 1020. The number of likely N-dealkylation sites (tertiary alicyclic amines) is 1. The Morgan fingerprint density at radius 3 is 2.77 bits per heavy atom. The highest BCUT2D eigenvalue weighted by atomic mass is 32.1. The van der Waals surface area contributed by atoms with Gasteiger partial charge in [0.1, 0.15) is 6.04 Å². The van der Waals surface area contributed by atoms with E-state index in [1.54, 1.807) is 17.0 Å². The predicted octanol–water partition coefficient (Wildman–Crippen LogP) is 4.91. The van der Waals surface area contributed by atoms with Gasteiger partial charge in [-0.2, -0.15) is 0 Å². The van der Waals surface area contributed by atoms with E-state index in [1.165, 1.54) is 23.2 Å². The highest BCUT2D eigenvalue weighted by Gasteiger charge is 2.36. The number of carbonyl (C=O) groups is 2. The van der Waals surface area contributed by atoms with Crippen molar-refractivity contribution in [2.45, 2.75) is 45.6 Å². The van der Waals surface area contributed by atoms with Crippen LogP contribution in [0.5, 0.6) is 0 Å². The third-order valence-corrected chi connectivity index (χ3v) is 6.23. The number of aryl methyl sites for hydroxylation is 2. The SMILES string of the molecule is CCCc1ccc(-c2nc(NC(=O)[C@@H]3CCCN3C(=O)c3ccco3)sc2C)cc1. The van der Waals surface area contributed by atoms with E-state index in [0.717, 1.165) is 35.4 Å². The molecule has 7 heteroatoms. The molecule has 2 aromatic heterocycles. The lowest BCUT2D eigenvalue weighted by Crippen LogP contribution is -2.43. The van der Waals surface area contributed by atoms with Crippen LogP contribution in [-0.2, 0) is 11.2 Å². The molecule has 3 heterocycles. The largest absolute Gasteiger partial charge is 0.459 e. The second-order valence-corrected chi connectivity index (χ2v) is 8.70. The van der Waals surface area contributed by atoms with E-state index >= 15 is 0 Å². The first-order valence-corrected chi connectivity index (χ1v) is 11.1. The van der Waals surface area contributed by atoms with Gasteiger partial charge in [0.05, 0.1) is 12.0 Å². The van der Waals surface area contributed by atoms with Gasteiger partial charge in [-0.05, 0) is 43.9 Å². The molecule has 3 aromatic rings. The van der Waals surface area contributed by atoms with Gasteiger partial charge < -0.3 is 14.6 Å². The summed E-state index contributed by atoms with van der Waals surface area (Å²) in [5.74, 6) is -0.194. The van der Waals surface area contributed by atoms with Gasteiger partial charge in [-0.15, -0.1) is 11.3 Å². The Balaban J connectivity index is 1.47. The van der Waals surface area contributed by atoms with E-state index in [9.17, 15) is 9.59 Å². The first-order chi connectivity index (χ1) is 14.6. The molecule has 0 aliphatic carbocycles. The molecule has 1 aliphatic heterocycles. The number of amides is 2. The molecule has 4 rings (SSSR count). The number of anilines is 1. The van der Waals surface area contributed by atoms with Crippen LogP contribution in [0.4, 0.5) is 5.13 Å². The standard InChI is InChI=1S/C23H25N3O3S/c1-3-6-16-9-11-17(12-10-16)20-15(2)30-23(24-20)25-21(27)18-7-4-13-26(18)22(28)19-8-5-14-29-19/h5,8-12,14,18H,3-4,6-7,13H2,1-2H3,(H,24,25,27)/t18-/m0/s1. The van der Waals surface area contributed by atoms with Crippen LogP contribution in [0.1, 0.15) is 47.2 Å². The molecule has 1 aromatic carbocycles. The molecule has 1 N–H and O–H groups in total. The van der Waals surface area contributed by atoms with Crippen molar-refractivity contribution in [2.75, 3.05) is 11.9 Å². The summed E-state index contributed by atoms with van der Waals surface area (Å²) in [5, 5.41) is 3.48. The molecule has 1 aliphatic rings. The van der Waals surface area contributed by atoms with E-state index in [0.29, 0.717) is 18.1 Å². The van der Waals surface area contributed by atoms with E-state index in [1.807, 2.05) is 6.92 Å². The molecule has 30 heavy (non-hydrogen) atoms. The maximum Gasteiger partial charge on any atom is 0.290 e. The first kappa shape index (κ1) is 20.3. The van der Waals surface area contributed by atoms with Gasteiger partial charge in [0.15, 0.2) is 10.9 Å². The minimum atomic E-state index is -0.511. The van der Waals surface area contributed by atoms with Crippen LogP contribution in [0.25, 0.3) is 11.3 Å². The average Bonchev–Trinajstić information content (AvgIpc) is 3.49. The number of thiazole rings is 1. The first-order valence-electron chi connectivity index (χ1n) is 10.3. The number of nitrogens with zero attached hydrogens (tertiary/aromatic N) is 2. The third-order valence-electron chi connectivity index (χ3n) is 5.34. The van der Waals surface area contributed by atoms with Crippen LogP contribution in [0.15, 0.2) is 47.1 Å². The summed E-state index contributed by atoms with van der Waals surface area (Å²) in [5.41, 5.74) is 3.23. The van der Waals surface area contributed by atoms with Gasteiger partial charge in [-0.1, -0.05) is 37.6 Å². The summed E-state index contributed by atoms with van der Waals surface area (Å²) in [4.78, 5) is 32.8. The Morgan fingerprint density at radius 2 is 2.07 bits per heavy atom. The van der Waals surface area contributed by atoms with Crippen LogP contribution in [-0.4, -0.2) is 34.3 Å². The number of hydrogen-bond acceptors (Lipinski definition) is 5. The number of benzene rings is 1. The molecule has 0 saturated carbocycles. The zero-order chi connectivity index (χ0) is 21.1. The molecule has 0 bridgehead atoms. The van der Waals surface area contributed by atoms with Gasteiger partial charge in [0.2, 0.25) is 5.91 Å². The zero-order valence-electron chi connectivity index (χ0n) is 17.2. The summed E-state index contributed by atoms with van der Waals surface area (Å²) >= 11 is 1.45. The van der Waals surface area contributed by atoms with Crippen molar-refractivity contribution >= 4 is 28.3 Å². The minimum absolute atomic E-state index is 0.203. The third kappa shape index (κ3) is 4.16. The van der Waals surface area contributed by atoms with Crippen LogP contribution in [0, 0.1) is 6.92 Å². The molecule has 2 amide bonds. The summed E-state index contributed by atoms with van der Waals surface area (Å²) < 4.78 is 5.21. The quantitative estimate of drug-likeness (QED) is 0.611. The second kappa shape index (κ2) is 8.83. The molecule has 156 valence electrons. The van der Waals surface area contributed by atoms with Crippen molar-refractivity contribution < 1.29 is 14.0 Å². The summed E-state index contributed by atoms with van der Waals surface area (Å²) in [6.07, 6.45) is 5.07. The van der Waals surface area contributed by atoms with Gasteiger partial charge in [0.25, 0.3) is 5.91 Å². The molecule has 0 spiro atoms. The average molecular weight is 424 g/mol. The van der Waals surface area contributed by atoms with Gasteiger partial charge in [-0.3, -0.25) is 9.59 Å². The molecule has 1 saturated heterocycles. The van der Waals surface area contributed by atoms with Crippen LogP contribution in [0.3, 0.4) is 0 Å². The Morgan fingerprint density at radius 1 is 1.27 bits per heavy atom. The smallest absolute Gasteiger partial charge is 0.290 e. The molecule has 0 radical (unpaired) electrons. The van der Waals surface area contributed by atoms with Gasteiger partial charge in [0, 0.05) is 17.0 Å². The second-order valence-electron chi connectivity index (χ2n) is 7.49. The number of rotatable bonds is 6. The fourth-order valence-corrected chi connectivity index (χ4v) is 4.69. The van der Waals surface area contributed by atoms with Crippen molar-refractivity contribution in [3.8, 4) is 11.3 Å². The predicted molar refractivity (Wildman–Crippen MR) is 118 cm³/mol. The highest BCUT2D eigenvalue weighted by Crippen LogP contribution is 2.31. The van der Waals surface area contributed by atoms with Crippen molar-refractivity contribution in [2.24, 2.45) is 0 Å². The lowest BCUT2D eigenvalue weighted by Gasteiger charge is -2.22. The van der Waals surface area contributed by atoms with Crippen molar-refractivity contribution in [1.29, 1.82) is 0 Å². The minimum Gasteiger partial charge on any atom is -0.459 e. The number of nitrogens with one attached hydrogen (secondary N) is 1. The Kier molecular flexibility index (Phi) is 5.99. The van der Waals surface area contributed by atoms with E-state index in [2.05, 4.69) is 41.5 Å². The maximum absolute atomic E-state index is 12.9. The lowest BCUT2D eigenvalue weighted by molar-refractivity contribution is -0.119. The van der Waals surface area contributed by atoms with Crippen LogP contribution < -0.4 is 5.32 Å². The number of hydrogen-bond donors (Lipinski definition) is 1.